The van der Waals surface area contributed by atoms with Gasteiger partial charge in [-0.2, -0.15) is 0 Å². The van der Waals surface area contributed by atoms with Gasteiger partial charge in [0.15, 0.2) is 5.16 Å². The van der Waals surface area contributed by atoms with Gasteiger partial charge in [0.25, 0.3) is 0 Å². The number of rotatable bonds is 3. The fraction of sp³-hybridized carbons (Fsp3) is 0.667. The average Bonchev–Trinajstić information content (AvgIpc) is 2.30. The predicted octanol–water partition coefficient (Wildman–Crippen LogP) is 2.02. The molecule has 0 aliphatic carbocycles. The molecule has 0 radical (unpaired) electrons. The largest absolute Gasteiger partial charge is 0.363 e. The third-order valence-electron chi connectivity index (χ3n) is 3.05. The van der Waals surface area contributed by atoms with Crippen molar-refractivity contribution in [2.75, 3.05) is 14.1 Å². The third-order valence-corrected chi connectivity index (χ3v) is 4.08. The van der Waals surface area contributed by atoms with Crippen LogP contribution in [0.2, 0.25) is 0 Å². The molecule has 0 aromatic carbocycles. The Morgan fingerprint density at radius 2 is 2.00 bits per heavy atom. The lowest BCUT2D eigenvalue weighted by atomic mass is 10.0. The highest BCUT2D eigenvalue weighted by molar-refractivity contribution is 7.99. The summed E-state index contributed by atoms with van der Waals surface area (Å²) in [7, 11) is 4.22. The van der Waals surface area contributed by atoms with Gasteiger partial charge in [0.2, 0.25) is 0 Å². The molecule has 1 aromatic heterocycles. The van der Waals surface area contributed by atoms with Crippen LogP contribution < -0.4 is 0 Å². The molecule has 1 aliphatic rings. The van der Waals surface area contributed by atoms with E-state index in [0.717, 1.165) is 11.6 Å². The van der Waals surface area contributed by atoms with Gasteiger partial charge in [-0.15, -0.1) is 0 Å². The highest BCUT2D eigenvalue weighted by Gasteiger charge is 2.30. The Kier molecular flexibility index (Phi) is 4.36. The van der Waals surface area contributed by atoms with Crippen molar-refractivity contribution in [1.29, 1.82) is 0 Å². The summed E-state index contributed by atoms with van der Waals surface area (Å²) in [6.45, 7) is 2.14. The zero-order valence-corrected chi connectivity index (χ0v) is 11.4. The van der Waals surface area contributed by atoms with Crippen molar-refractivity contribution in [3.8, 4) is 0 Å². The Hall–Kier alpha value is -0.650. The van der Waals surface area contributed by atoms with Crippen molar-refractivity contribution in [3.63, 3.8) is 0 Å². The molecule has 2 rings (SSSR count). The summed E-state index contributed by atoms with van der Waals surface area (Å²) in [6.07, 6.45) is 6.02. The highest BCUT2D eigenvalue weighted by Crippen LogP contribution is 2.31. The molecule has 17 heavy (non-hydrogen) atoms. The summed E-state index contributed by atoms with van der Waals surface area (Å²) >= 11 is 1.62. The molecule has 1 aromatic rings. The van der Waals surface area contributed by atoms with Crippen LogP contribution in [-0.2, 0) is 4.74 Å². The van der Waals surface area contributed by atoms with Crippen LogP contribution >= 0.6 is 11.8 Å². The summed E-state index contributed by atoms with van der Waals surface area (Å²) in [5.41, 5.74) is 0.184. The fourth-order valence-electron chi connectivity index (χ4n) is 2.17. The third kappa shape index (κ3) is 3.40. The van der Waals surface area contributed by atoms with Crippen LogP contribution in [0.5, 0.6) is 0 Å². The van der Waals surface area contributed by atoms with Crippen LogP contribution in [0, 0.1) is 0 Å². The summed E-state index contributed by atoms with van der Waals surface area (Å²) in [6, 6.07) is 2.35. The quantitative estimate of drug-likeness (QED) is 0.771. The van der Waals surface area contributed by atoms with Gasteiger partial charge >= 0.3 is 0 Å². The summed E-state index contributed by atoms with van der Waals surface area (Å²) in [5, 5.41) is 0.799. The molecule has 0 amide bonds. The standard InChI is InChI=1S/C12H19N3OS/c1-9-10(15(2)3)5-6-11(16-9)17-12-13-7-4-8-14-12/h4,7-11H,5-6H2,1-3H3/t9-,10-,11-/m0/s1. The summed E-state index contributed by atoms with van der Waals surface area (Å²) in [5.74, 6) is 0. The van der Waals surface area contributed by atoms with Crippen molar-refractivity contribution in [3.05, 3.63) is 18.5 Å². The van der Waals surface area contributed by atoms with Gasteiger partial charge in [-0.25, -0.2) is 9.97 Å². The molecule has 4 nitrogen and oxygen atoms in total. The van der Waals surface area contributed by atoms with Crippen LogP contribution in [-0.4, -0.2) is 46.5 Å². The number of thioether (sulfide) groups is 1. The van der Waals surface area contributed by atoms with E-state index in [-0.39, 0.29) is 11.5 Å². The second-order valence-corrected chi connectivity index (χ2v) is 5.65. The minimum absolute atomic E-state index is 0.184. The number of aromatic nitrogens is 2. The van der Waals surface area contributed by atoms with Gasteiger partial charge < -0.3 is 9.64 Å². The summed E-state index contributed by atoms with van der Waals surface area (Å²) in [4.78, 5) is 10.7. The molecule has 0 N–H and O–H groups in total. The van der Waals surface area contributed by atoms with Gasteiger partial charge in [-0.3, -0.25) is 0 Å². The van der Waals surface area contributed by atoms with E-state index in [1.54, 1.807) is 24.2 Å². The van der Waals surface area contributed by atoms with Crippen molar-refractivity contribution >= 4 is 11.8 Å². The van der Waals surface area contributed by atoms with E-state index in [4.69, 9.17) is 4.74 Å². The second-order valence-electron chi connectivity index (χ2n) is 4.53. The molecule has 0 bridgehead atoms. The van der Waals surface area contributed by atoms with Gasteiger partial charge in [0.1, 0.15) is 5.44 Å². The molecule has 5 heteroatoms. The highest BCUT2D eigenvalue weighted by atomic mass is 32.2. The monoisotopic (exact) mass is 253 g/mol. The molecule has 1 fully saturated rings. The fourth-order valence-corrected chi connectivity index (χ4v) is 3.13. The molecule has 94 valence electrons. The van der Waals surface area contributed by atoms with Gasteiger partial charge in [0, 0.05) is 18.4 Å². The van der Waals surface area contributed by atoms with E-state index in [2.05, 4.69) is 35.9 Å². The number of hydrogen-bond donors (Lipinski definition) is 0. The van der Waals surface area contributed by atoms with Crippen LogP contribution in [0.4, 0.5) is 0 Å². The zero-order valence-electron chi connectivity index (χ0n) is 10.5. The van der Waals surface area contributed by atoms with Gasteiger partial charge in [-0.1, -0.05) is 11.8 Å². The van der Waals surface area contributed by atoms with Gasteiger partial charge in [0.05, 0.1) is 6.10 Å². The first kappa shape index (κ1) is 12.8. The molecule has 0 saturated carbocycles. The Balaban J connectivity index is 1.90. The minimum Gasteiger partial charge on any atom is -0.363 e. The first-order chi connectivity index (χ1) is 8.16. The van der Waals surface area contributed by atoms with Crippen molar-refractivity contribution in [2.45, 2.75) is 42.5 Å². The number of hydrogen-bond acceptors (Lipinski definition) is 5. The lowest BCUT2D eigenvalue weighted by Crippen LogP contribution is -2.44. The molecule has 1 saturated heterocycles. The lowest BCUT2D eigenvalue weighted by molar-refractivity contribution is -0.0430. The maximum atomic E-state index is 6.01. The smallest absolute Gasteiger partial charge is 0.189 e. The van der Waals surface area contributed by atoms with E-state index in [0.29, 0.717) is 6.04 Å². The summed E-state index contributed by atoms with van der Waals surface area (Å²) < 4.78 is 6.01. The normalized spacial score (nSPS) is 29.5. The maximum Gasteiger partial charge on any atom is 0.189 e. The number of nitrogens with zero attached hydrogens (tertiary/aromatic N) is 3. The average molecular weight is 253 g/mol. The first-order valence-electron chi connectivity index (χ1n) is 5.92. The Labute approximate surface area is 107 Å². The topological polar surface area (TPSA) is 38.3 Å². The van der Waals surface area contributed by atoms with Crippen LogP contribution in [0.3, 0.4) is 0 Å². The molecular formula is C12H19N3OS. The van der Waals surface area contributed by atoms with E-state index in [1.807, 2.05) is 6.07 Å². The van der Waals surface area contributed by atoms with Crippen LogP contribution in [0.25, 0.3) is 0 Å². The van der Waals surface area contributed by atoms with E-state index in [1.165, 1.54) is 6.42 Å². The SMILES string of the molecule is C[C@@H]1O[C@@H](Sc2ncccn2)CC[C@@H]1N(C)C. The van der Waals surface area contributed by atoms with Crippen molar-refractivity contribution in [1.82, 2.24) is 14.9 Å². The molecule has 2 heterocycles. The number of ether oxygens (including phenoxy) is 1. The Bertz CT molecular complexity index is 347. The Morgan fingerprint density at radius 1 is 1.29 bits per heavy atom. The number of likely N-dealkylation sites (N-methyl/N-ethyl adjacent to an activating group) is 1. The van der Waals surface area contributed by atoms with Gasteiger partial charge in [-0.05, 0) is 39.9 Å². The molecule has 0 spiro atoms. The predicted molar refractivity (Wildman–Crippen MR) is 68.9 cm³/mol. The van der Waals surface area contributed by atoms with Crippen molar-refractivity contribution in [2.24, 2.45) is 0 Å². The minimum atomic E-state index is 0.184. The van der Waals surface area contributed by atoms with E-state index in [9.17, 15) is 0 Å². The van der Waals surface area contributed by atoms with Crippen molar-refractivity contribution < 1.29 is 4.74 Å². The maximum absolute atomic E-state index is 6.01. The van der Waals surface area contributed by atoms with Crippen LogP contribution in [0.15, 0.2) is 23.6 Å². The Morgan fingerprint density at radius 3 is 2.59 bits per heavy atom. The van der Waals surface area contributed by atoms with Crippen LogP contribution in [0.1, 0.15) is 19.8 Å². The first-order valence-corrected chi connectivity index (χ1v) is 6.80. The zero-order chi connectivity index (χ0) is 12.3. The molecular weight excluding hydrogens is 234 g/mol. The molecule has 1 aliphatic heterocycles. The second kappa shape index (κ2) is 5.80. The van der Waals surface area contributed by atoms with E-state index >= 15 is 0 Å². The lowest BCUT2D eigenvalue weighted by Gasteiger charge is -2.37. The van der Waals surface area contributed by atoms with E-state index < -0.39 is 0 Å². The molecule has 3 atom stereocenters. The molecule has 0 unspecified atom stereocenters.